The fourth-order valence-electron chi connectivity index (χ4n) is 2.34. The average Bonchev–Trinajstić information content (AvgIpc) is 2.67. The Kier molecular flexibility index (Phi) is 6.48. The summed E-state index contributed by atoms with van der Waals surface area (Å²) >= 11 is 0. The summed E-state index contributed by atoms with van der Waals surface area (Å²) in [6, 6.07) is 10.1. The molecular formula is C19H19NO7. The zero-order valence-corrected chi connectivity index (χ0v) is 15.1. The van der Waals surface area contributed by atoms with Crippen LogP contribution in [-0.2, 0) is 4.74 Å². The second kappa shape index (κ2) is 8.79. The van der Waals surface area contributed by atoms with E-state index < -0.39 is 22.8 Å². The van der Waals surface area contributed by atoms with Gasteiger partial charge in [0.15, 0.2) is 11.9 Å². The van der Waals surface area contributed by atoms with Gasteiger partial charge in [0.05, 0.1) is 24.2 Å². The molecule has 0 unspecified atom stereocenters. The Morgan fingerprint density at radius 1 is 1.11 bits per heavy atom. The van der Waals surface area contributed by atoms with Crippen LogP contribution in [0.4, 0.5) is 5.69 Å². The third-order valence-corrected chi connectivity index (χ3v) is 3.72. The Morgan fingerprint density at radius 3 is 2.30 bits per heavy atom. The molecule has 2 aromatic rings. The highest BCUT2D eigenvalue weighted by Gasteiger charge is 2.23. The van der Waals surface area contributed by atoms with Crippen molar-refractivity contribution in [2.75, 3.05) is 13.7 Å². The van der Waals surface area contributed by atoms with Gasteiger partial charge in [-0.3, -0.25) is 14.9 Å². The van der Waals surface area contributed by atoms with Crippen molar-refractivity contribution in [2.45, 2.75) is 20.0 Å². The zero-order valence-electron chi connectivity index (χ0n) is 15.1. The molecule has 8 nitrogen and oxygen atoms in total. The lowest BCUT2D eigenvalue weighted by Crippen LogP contribution is -2.24. The normalized spacial score (nSPS) is 11.4. The van der Waals surface area contributed by atoms with Crippen molar-refractivity contribution in [1.29, 1.82) is 0 Å². The SMILES string of the molecule is CCOc1ccc(C(=O)O[C@@H](C)C(=O)c2ccc(OC)cc2)cc1[N+](=O)[O-]. The average molecular weight is 373 g/mol. The van der Waals surface area contributed by atoms with Gasteiger partial charge >= 0.3 is 11.7 Å². The molecule has 0 saturated heterocycles. The van der Waals surface area contributed by atoms with E-state index in [9.17, 15) is 19.7 Å². The predicted molar refractivity (Wildman–Crippen MR) is 96.5 cm³/mol. The lowest BCUT2D eigenvalue weighted by molar-refractivity contribution is -0.385. The second-order valence-electron chi connectivity index (χ2n) is 5.51. The minimum absolute atomic E-state index is 0.0421. The van der Waals surface area contributed by atoms with Gasteiger partial charge in [-0.2, -0.15) is 0 Å². The quantitative estimate of drug-likeness (QED) is 0.302. The van der Waals surface area contributed by atoms with E-state index in [1.165, 1.54) is 26.2 Å². The molecule has 0 aliphatic rings. The minimum Gasteiger partial charge on any atom is -0.497 e. The van der Waals surface area contributed by atoms with Gasteiger partial charge in [-0.25, -0.2) is 4.79 Å². The molecule has 0 aliphatic carbocycles. The number of nitro groups is 1. The summed E-state index contributed by atoms with van der Waals surface area (Å²) < 4.78 is 15.4. The van der Waals surface area contributed by atoms with Crippen LogP contribution in [0.25, 0.3) is 0 Å². The van der Waals surface area contributed by atoms with Crippen LogP contribution in [-0.4, -0.2) is 36.5 Å². The van der Waals surface area contributed by atoms with E-state index in [2.05, 4.69) is 0 Å². The molecule has 0 aliphatic heterocycles. The number of methoxy groups -OCH3 is 1. The molecule has 0 saturated carbocycles. The Hall–Kier alpha value is -3.42. The molecule has 0 N–H and O–H groups in total. The third-order valence-electron chi connectivity index (χ3n) is 3.72. The van der Waals surface area contributed by atoms with Crippen LogP contribution in [0, 0.1) is 10.1 Å². The lowest BCUT2D eigenvalue weighted by atomic mass is 10.1. The smallest absolute Gasteiger partial charge is 0.339 e. The summed E-state index contributed by atoms with van der Waals surface area (Å²) in [6.07, 6.45) is -1.06. The number of ketones is 1. The molecule has 0 aromatic heterocycles. The van der Waals surface area contributed by atoms with Crippen LogP contribution in [0.5, 0.6) is 11.5 Å². The first-order chi connectivity index (χ1) is 12.9. The number of carbonyl (C=O) groups is 2. The minimum atomic E-state index is -1.06. The molecule has 2 rings (SSSR count). The van der Waals surface area contributed by atoms with Crippen molar-refractivity contribution in [3.63, 3.8) is 0 Å². The number of nitro benzene ring substituents is 1. The topological polar surface area (TPSA) is 105 Å². The van der Waals surface area contributed by atoms with E-state index in [-0.39, 0.29) is 23.6 Å². The number of hydrogen-bond acceptors (Lipinski definition) is 7. The van der Waals surface area contributed by atoms with Gasteiger partial charge in [0.2, 0.25) is 5.78 Å². The molecule has 8 heteroatoms. The van der Waals surface area contributed by atoms with E-state index in [0.717, 1.165) is 6.07 Å². The van der Waals surface area contributed by atoms with Crippen LogP contribution >= 0.6 is 0 Å². The lowest BCUT2D eigenvalue weighted by Gasteiger charge is -2.13. The summed E-state index contributed by atoms with van der Waals surface area (Å²) in [5.41, 5.74) is -0.0336. The maximum absolute atomic E-state index is 12.4. The van der Waals surface area contributed by atoms with Crippen LogP contribution in [0.3, 0.4) is 0 Å². The summed E-state index contributed by atoms with van der Waals surface area (Å²) in [6.45, 7) is 3.38. The van der Waals surface area contributed by atoms with Gasteiger partial charge in [-0.15, -0.1) is 0 Å². The van der Waals surface area contributed by atoms with Gasteiger partial charge in [0.25, 0.3) is 0 Å². The van der Waals surface area contributed by atoms with E-state index in [1.54, 1.807) is 31.2 Å². The first kappa shape index (κ1) is 19.9. The maximum atomic E-state index is 12.4. The van der Waals surface area contributed by atoms with Gasteiger partial charge in [0, 0.05) is 11.6 Å². The molecule has 0 fully saturated rings. The standard InChI is InChI=1S/C19H19NO7/c1-4-26-17-10-7-14(11-16(17)20(23)24)19(22)27-12(2)18(21)13-5-8-15(25-3)9-6-13/h5-12H,4H2,1-3H3/t12-/m0/s1. The maximum Gasteiger partial charge on any atom is 0.339 e. The number of hydrogen-bond donors (Lipinski definition) is 0. The molecule has 0 radical (unpaired) electrons. The number of rotatable bonds is 8. The number of carbonyl (C=O) groups excluding carboxylic acids is 2. The van der Waals surface area contributed by atoms with Crippen LogP contribution < -0.4 is 9.47 Å². The first-order valence-corrected chi connectivity index (χ1v) is 8.17. The number of Topliss-reactive ketones (excluding diaryl/α,β-unsaturated/α-hetero) is 1. The summed E-state index contributed by atoms with van der Waals surface area (Å²) in [5.74, 6) is -0.582. The second-order valence-corrected chi connectivity index (χ2v) is 5.51. The van der Waals surface area contributed by atoms with E-state index in [4.69, 9.17) is 14.2 Å². The van der Waals surface area contributed by atoms with Gasteiger partial charge in [0.1, 0.15) is 5.75 Å². The fourth-order valence-corrected chi connectivity index (χ4v) is 2.34. The Bertz CT molecular complexity index is 846. The highest BCUT2D eigenvalue weighted by molar-refractivity contribution is 6.01. The Morgan fingerprint density at radius 2 is 1.74 bits per heavy atom. The van der Waals surface area contributed by atoms with Gasteiger partial charge in [-0.1, -0.05) is 0 Å². The van der Waals surface area contributed by atoms with Crippen molar-refractivity contribution in [3.05, 3.63) is 63.7 Å². The molecule has 0 amide bonds. The van der Waals surface area contributed by atoms with Crippen LogP contribution in [0.2, 0.25) is 0 Å². The zero-order chi connectivity index (χ0) is 20.0. The number of nitrogens with zero attached hydrogens (tertiary/aromatic N) is 1. The Labute approximate surface area is 155 Å². The number of esters is 1. The largest absolute Gasteiger partial charge is 0.497 e. The van der Waals surface area contributed by atoms with E-state index in [1.807, 2.05) is 0 Å². The molecule has 1 atom stereocenters. The van der Waals surface area contributed by atoms with Crippen molar-refractivity contribution >= 4 is 17.4 Å². The molecular weight excluding hydrogens is 354 g/mol. The van der Waals surface area contributed by atoms with E-state index >= 15 is 0 Å². The molecule has 2 aromatic carbocycles. The molecule has 27 heavy (non-hydrogen) atoms. The molecule has 0 bridgehead atoms. The first-order valence-electron chi connectivity index (χ1n) is 8.17. The monoisotopic (exact) mass is 373 g/mol. The molecule has 142 valence electrons. The number of benzene rings is 2. The number of ether oxygens (including phenoxy) is 3. The summed E-state index contributed by atoms with van der Waals surface area (Å²) in [7, 11) is 1.51. The third kappa shape index (κ3) is 4.81. The highest BCUT2D eigenvalue weighted by Crippen LogP contribution is 2.28. The molecule has 0 spiro atoms. The summed E-state index contributed by atoms with van der Waals surface area (Å²) in [4.78, 5) is 35.2. The van der Waals surface area contributed by atoms with Crippen LogP contribution in [0.15, 0.2) is 42.5 Å². The van der Waals surface area contributed by atoms with Crippen molar-refractivity contribution < 1.29 is 28.7 Å². The van der Waals surface area contributed by atoms with Gasteiger partial charge < -0.3 is 14.2 Å². The van der Waals surface area contributed by atoms with Crippen molar-refractivity contribution in [2.24, 2.45) is 0 Å². The fraction of sp³-hybridized carbons (Fsp3) is 0.263. The van der Waals surface area contributed by atoms with Crippen molar-refractivity contribution in [1.82, 2.24) is 0 Å². The highest BCUT2D eigenvalue weighted by atomic mass is 16.6. The predicted octanol–water partition coefficient (Wildman–Crippen LogP) is 3.43. The van der Waals surface area contributed by atoms with E-state index in [0.29, 0.717) is 11.3 Å². The van der Waals surface area contributed by atoms with Gasteiger partial charge in [-0.05, 0) is 50.2 Å². The summed E-state index contributed by atoms with van der Waals surface area (Å²) in [5, 5.41) is 11.1. The Balaban J connectivity index is 2.14. The van der Waals surface area contributed by atoms with Crippen molar-refractivity contribution in [3.8, 4) is 11.5 Å². The molecule has 0 heterocycles. The van der Waals surface area contributed by atoms with Crippen LogP contribution in [0.1, 0.15) is 34.6 Å².